The summed E-state index contributed by atoms with van der Waals surface area (Å²) in [6.45, 7) is 1.54. The van der Waals surface area contributed by atoms with Gasteiger partial charge in [0.05, 0.1) is 25.7 Å². The molecule has 2 rings (SSSR count). The minimum absolute atomic E-state index is 0.770. The van der Waals surface area contributed by atoms with Crippen LogP contribution in [0.25, 0.3) is 12.2 Å². The standard InChI is InChI=1S/C22H26O2S/c1-3-9-21(10-4-1)13-17-23-15-7-19-25-20-8-16-24-18-14-22-11-5-2-6-12-22/h1-6,9-14,17-18H,7-8,15-16,19-20H2. The molecule has 0 atom stereocenters. The third kappa shape index (κ3) is 9.68. The molecular formula is C22H26O2S. The van der Waals surface area contributed by atoms with Gasteiger partial charge in [-0.2, -0.15) is 11.8 Å². The Kier molecular flexibility index (Phi) is 10.1. The van der Waals surface area contributed by atoms with Crippen LogP contribution in [-0.2, 0) is 9.47 Å². The number of hydrogen-bond acceptors (Lipinski definition) is 3. The smallest absolute Gasteiger partial charge is 0.0881 e. The fourth-order valence-corrected chi connectivity index (χ4v) is 2.96. The van der Waals surface area contributed by atoms with Gasteiger partial charge < -0.3 is 9.47 Å². The van der Waals surface area contributed by atoms with Crippen LogP contribution in [0.3, 0.4) is 0 Å². The highest BCUT2D eigenvalue weighted by molar-refractivity contribution is 7.99. The van der Waals surface area contributed by atoms with Gasteiger partial charge in [-0.15, -0.1) is 0 Å². The molecule has 0 fully saturated rings. The first-order valence-corrected chi connectivity index (χ1v) is 9.85. The van der Waals surface area contributed by atoms with Crippen LogP contribution in [-0.4, -0.2) is 24.7 Å². The first-order chi connectivity index (χ1) is 12.4. The molecule has 0 spiro atoms. The second-order valence-electron chi connectivity index (χ2n) is 5.49. The number of ether oxygens (including phenoxy) is 2. The summed E-state index contributed by atoms with van der Waals surface area (Å²) in [6.07, 6.45) is 9.69. The molecule has 0 saturated carbocycles. The summed E-state index contributed by atoms with van der Waals surface area (Å²) in [4.78, 5) is 0. The molecule has 0 saturated heterocycles. The van der Waals surface area contributed by atoms with Gasteiger partial charge >= 0.3 is 0 Å². The quantitative estimate of drug-likeness (QED) is 0.350. The van der Waals surface area contributed by atoms with Gasteiger partial charge in [0.2, 0.25) is 0 Å². The fourth-order valence-electron chi connectivity index (χ4n) is 2.11. The van der Waals surface area contributed by atoms with Gasteiger partial charge in [-0.25, -0.2) is 0 Å². The van der Waals surface area contributed by atoms with E-state index in [2.05, 4.69) is 24.3 Å². The van der Waals surface area contributed by atoms with Crippen molar-refractivity contribution in [1.82, 2.24) is 0 Å². The summed E-state index contributed by atoms with van der Waals surface area (Å²) in [6, 6.07) is 20.4. The van der Waals surface area contributed by atoms with Crippen LogP contribution in [0.1, 0.15) is 24.0 Å². The Labute approximate surface area is 155 Å². The van der Waals surface area contributed by atoms with Crippen molar-refractivity contribution < 1.29 is 9.47 Å². The summed E-state index contributed by atoms with van der Waals surface area (Å²) < 4.78 is 11.0. The predicted molar refractivity (Wildman–Crippen MR) is 109 cm³/mol. The molecule has 0 amide bonds. The van der Waals surface area contributed by atoms with E-state index in [-0.39, 0.29) is 0 Å². The molecule has 0 aliphatic heterocycles. The molecule has 25 heavy (non-hydrogen) atoms. The number of thioether (sulfide) groups is 1. The van der Waals surface area contributed by atoms with Gasteiger partial charge in [0, 0.05) is 0 Å². The Morgan fingerprint density at radius 1 is 0.640 bits per heavy atom. The Balaban J connectivity index is 1.37. The van der Waals surface area contributed by atoms with Gasteiger partial charge in [-0.05, 0) is 47.6 Å². The van der Waals surface area contributed by atoms with Crippen LogP contribution in [0.4, 0.5) is 0 Å². The van der Waals surface area contributed by atoms with Crippen molar-refractivity contribution in [2.45, 2.75) is 12.8 Å². The van der Waals surface area contributed by atoms with Crippen LogP contribution in [0.2, 0.25) is 0 Å². The highest BCUT2D eigenvalue weighted by Gasteiger charge is 1.91. The first-order valence-electron chi connectivity index (χ1n) is 8.69. The van der Waals surface area contributed by atoms with Crippen LogP contribution in [0.5, 0.6) is 0 Å². The normalized spacial score (nSPS) is 11.2. The lowest BCUT2D eigenvalue weighted by Gasteiger charge is -2.03. The molecule has 0 radical (unpaired) electrons. The largest absolute Gasteiger partial charge is 0.501 e. The maximum atomic E-state index is 5.51. The second kappa shape index (κ2) is 13.2. The van der Waals surface area contributed by atoms with Crippen molar-refractivity contribution in [2.75, 3.05) is 24.7 Å². The molecule has 2 aromatic rings. The van der Waals surface area contributed by atoms with Crippen molar-refractivity contribution >= 4 is 23.9 Å². The van der Waals surface area contributed by atoms with Crippen LogP contribution >= 0.6 is 11.8 Å². The van der Waals surface area contributed by atoms with E-state index in [0.717, 1.165) is 48.7 Å². The number of hydrogen-bond donors (Lipinski definition) is 0. The van der Waals surface area contributed by atoms with Crippen molar-refractivity contribution in [1.29, 1.82) is 0 Å². The third-order valence-corrected chi connectivity index (χ3v) is 4.57. The van der Waals surface area contributed by atoms with E-state index in [1.807, 2.05) is 60.3 Å². The molecule has 2 aromatic carbocycles. The lowest BCUT2D eigenvalue weighted by Crippen LogP contribution is -1.94. The molecule has 132 valence electrons. The average molecular weight is 355 g/mol. The van der Waals surface area contributed by atoms with Crippen molar-refractivity contribution in [3.8, 4) is 0 Å². The van der Waals surface area contributed by atoms with Gasteiger partial charge in [0.15, 0.2) is 0 Å². The molecule has 3 heteroatoms. The minimum atomic E-state index is 0.770. The van der Waals surface area contributed by atoms with Crippen molar-refractivity contribution in [2.24, 2.45) is 0 Å². The Hall–Kier alpha value is -2.13. The maximum absolute atomic E-state index is 5.51. The summed E-state index contributed by atoms with van der Waals surface area (Å²) in [7, 11) is 0. The predicted octanol–water partition coefficient (Wildman–Crippen LogP) is 5.87. The maximum Gasteiger partial charge on any atom is 0.0881 e. The lowest BCUT2D eigenvalue weighted by atomic mass is 10.2. The van der Waals surface area contributed by atoms with E-state index in [9.17, 15) is 0 Å². The van der Waals surface area contributed by atoms with Gasteiger partial charge in [-0.3, -0.25) is 0 Å². The number of benzene rings is 2. The molecule has 0 aliphatic rings. The topological polar surface area (TPSA) is 18.5 Å². The lowest BCUT2D eigenvalue weighted by molar-refractivity contribution is 0.252. The molecule has 0 bridgehead atoms. The van der Waals surface area contributed by atoms with Crippen LogP contribution in [0.15, 0.2) is 73.2 Å². The minimum Gasteiger partial charge on any atom is -0.501 e. The van der Waals surface area contributed by atoms with Crippen molar-refractivity contribution in [3.05, 3.63) is 84.3 Å². The zero-order chi connectivity index (χ0) is 17.4. The summed E-state index contributed by atoms with van der Waals surface area (Å²) in [5, 5.41) is 0. The molecule has 0 aromatic heterocycles. The van der Waals surface area contributed by atoms with E-state index < -0.39 is 0 Å². The van der Waals surface area contributed by atoms with Gasteiger partial charge in [-0.1, -0.05) is 60.7 Å². The zero-order valence-corrected chi connectivity index (χ0v) is 15.4. The van der Waals surface area contributed by atoms with Crippen LogP contribution < -0.4 is 0 Å². The van der Waals surface area contributed by atoms with Crippen LogP contribution in [0, 0.1) is 0 Å². The SMILES string of the molecule is C(=Cc1ccccc1)OCCCSCCCOC=Cc1ccccc1. The fraction of sp³-hybridized carbons (Fsp3) is 0.273. The molecule has 0 N–H and O–H groups in total. The monoisotopic (exact) mass is 354 g/mol. The Morgan fingerprint density at radius 3 is 1.52 bits per heavy atom. The molecule has 0 unspecified atom stereocenters. The average Bonchev–Trinajstić information content (AvgIpc) is 2.67. The molecule has 0 aliphatic carbocycles. The number of rotatable bonds is 12. The Bertz CT molecular complexity index is 553. The summed E-state index contributed by atoms with van der Waals surface area (Å²) >= 11 is 1.95. The summed E-state index contributed by atoms with van der Waals surface area (Å²) in [5.74, 6) is 2.25. The molecule has 0 heterocycles. The van der Waals surface area contributed by atoms with Crippen molar-refractivity contribution in [3.63, 3.8) is 0 Å². The zero-order valence-electron chi connectivity index (χ0n) is 14.6. The van der Waals surface area contributed by atoms with E-state index >= 15 is 0 Å². The van der Waals surface area contributed by atoms with E-state index in [1.54, 1.807) is 12.5 Å². The highest BCUT2D eigenvalue weighted by atomic mass is 32.2. The molecular weight excluding hydrogens is 328 g/mol. The van der Waals surface area contributed by atoms with Gasteiger partial charge in [0.25, 0.3) is 0 Å². The Morgan fingerprint density at radius 2 is 1.08 bits per heavy atom. The third-order valence-electron chi connectivity index (χ3n) is 3.41. The van der Waals surface area contributed by atoms with Gasteiger partial charge in [0.1, 0.15) is 0 Å². The second-order valence-corrected chi connectivity index (χ2v) is 6.71. The first kappa shape index (κ1) is 19.2. The van der Waals surface area contributed by atoms with E-state index in [1.165, 1.54) is 0 Å². The summed E-state index contributed by atoms with van der Waals surface area (Å²) in [5.41, 5.74) is 2.33. The van der Waals surface area contributed by atoms with E-state index in [0.29, 0.717) is 0 Å². The molecule has 2 nitrogen and oxygen atoms in total. The highest BCUT2D eigenvalue weighted by Crippen LogP contribution is 2.06. The van der Waals surface area contributed by atoms with E-state index in [4.69, 9.17) is 9.47 Å².